The Bertz CT molecular complexity index is 496. The number of carbonyl (C=O) groups is 1. The van der Waals surface area contributed by atoms with E-state index in [4.69, 9.17) is 11.6 Å². The first-order chi connectivity index (χ1) is 9.16. The van der Waals surface area contributed by atoms with Gasteiger partial charge in [0.1, 0.15) is 0 Å². The number of aryl methyl sites for hydroxylation is 1. The molecule has 2 atom stereocenters. The lowest BCUT2D eigenvalue weighted by atomic mass is 9.92. The number of rotatable bonds is 3. The maximum atomic E-state index is 12.0. The molecule has 1 aromatic carbocycles. The highest BCUT2D eigenvalue weighted by Gasteiger charge is 2.33. The van der Waals surface area contributed by atoms with E-state index in [1.807, 2.05) is 6.07 Å². The zero-order valence-corrected chi connectivity index (χ0v) is 12.0. The Kier molecular flexibility index (Phi) is 3.53. The SMILES string of the molecule is CC(C1CC1)C(Cl)c1ccc2c(c1)C(=O)NCCC2. The molecular weight excluding hydrogens is 258 g/mol. The number of halogens is 1. The highest BCUT2D eigenvalue weighted by atomic mass is 35.5. The normalized spacial score (nSPS) is 22.1. The molecule has 1 aromatic rings. The first-order valence-electron chi connectivity index (χ1n) is 7.22. The Labute approximate surface area is 119 Å². The van der Waals surface area contributed by atoms with Crippen LogP contribution in [0.4, 0.5) is 0 Å². The molecule has 1 aliphatic heterocycles. The minimum atomic E-state index is 0.0221. The third-order valence-electron chi connectivity index (χ3n) is 4.43. The monoisotopic (exact) mass is 277 g/mol. The summed E-state index contributed by atoms with van der Waals surface area (Å²) in [5.74, 6) is 1.32. The van der Waals surface area contributed by atoms with Gasteiger partial charge in [0.05, 0.1) is 5.38 Å². The number of hydrogen-bond acceptors (Lipinski definition) is 1. The van der Waals surface area contributed by atoms with Gasteiger partial charge in [-0.3, -0.25) is 4.79 Å². The van der Waals surface area contributed by atoms with Gasteiger partial charge < -0.3 is 5.32 Å². The molecule has 1 aliphatic carbocycles. The van der Waals surface area contributed by atoms with E-state index in [0.717, 1.165) is 42.0 Å². The van der Waals surface area contributed by atoms with Crippen LogP contribution >= 0.6 is 11.6 Å². The fourth-order valence-electron chi connectivity index (χ4n) is 2.94. The summed E-state index contributed by atoms with van der Waals surface area (Å²) in [6.07, 6.45) is 4.59. The Morgan fingerprint density at radius 2 is 2.16 bits per heavy atom. The molecule has 2 unspecified atom stereocenters. The summed E-state index contributed by atoms with van der Waals surface area (Å²) in [6.45, 7) is 2.99. The Morgan fingerprint density at radius 1 is 1.37 bits per heavy atom. The fourth-order valence-corrected chi connectivity index (χ4v) is 3.28. The molecule has 0 bridgehead atoms. The van der Waals surface area contributed by atoms with Crippen molar-refractivity contribution < 1.29 is 4.79 Å². The summed E-state index contributed by atoms with van der Waals surface area (Å²) in [7, 11) is 0. The van der Waals surface area contributed by atoms with Gasteiger partial charge in [-0.15, -0.1) is 11.6 Å². The van der Waals surface area contributed by atoms with Crippen molar-refractivity contribution in [2.45, 2.75) is 38.0 Å². The van der Waals surface area contributed by atoms with E-state index in [0.29, 0.717) is 5.92 Å². The van der Waals surface area contributed by atoms with Gasteiger partial charge in [-0.25, -0.2) is 0 Å². The fraction of sp³-hybridized carbons (Fsp3) is 0.562. The summed E-state index contributed by atoms with van der Waals surface area (Å²) >= 11 is 6.59. The molecule has 3 rings (SSSR count). The maximum absolute atomic E-state index is 12.0. The maximum Gasteiger partial charge on any atom is 0.251 e. The summed E-state index contributed by atoms with van der Waals surface area (Å²) in [5, 5.41) is 2.97. The van der Waals surface area contributed by atoms with E-state index in [1.165, 1.54) is 12.8 Å². The number of benzene rings is 1. The summed E-state index contributed by atoms with van der Waals surface area (Å²) in [5.41, 5.74) is 3.07. The van der Waals surface area contributed by atoms with E-state index in [9.17, 15) is 4.79 Å². The molecule has 2 nitrogen and oxygen atoms in total. The Morgan fingerprint density at radius 3 is 2.89 bits per heavy atom. The number of nitrogens with one attached hydrogen (secondary N) is 1. The quantitative estimate of drug-likeness (QED) is 0.839. The molecule has 1 saturated carbocycles. The van der Waals surface area contributed by atoms with E-state index in [2.05, 4.69) is 24.4 Å². The van der Waals surface area contributed by atoms with Gasteiger partial charge in [0.2, 0.25) is 0 Å². The largest absolute Gasteiger partial charge is 0.352 e. The average Bonchev–Trinajstić information content (AvgIpc) is 3.25. The lowest BCUT2D eigenvalue weighted by molar-refractivity contribution is 0.0956. The molecular formula is C16H20ClNO. The van der Waals surface area contributed by atoms with E-state index >= 15 is 0 Å². The molecule has 1 fully saturated rings. The topological polar surface area (TPSA) is 29.1 Å². The van der Waals surface area contributed by atoms with Crippen LogP contribution in [0, 0.1) is 11.8 Å². The van der Waals surface area contributed by atoms with Crippen LogP contribution in [-0.4, -0.2) is 12.5 Å². The van der Waals surface area contributed by atoms with Gasteiger partial charge in [0, 0.05) is 12.1 Å². The Hall–Kier alpha value is -1.02. The van der Waals surface area contributed by atoms with Crippen molar-refractivity contribution in [3.63, 3.8) is 0 Å². The molecule has 0 spiro atoms. The van der Waals surface area contributed by atoms with Gasteiger partial charge in [-0.05, 0) is 54.7 Å². The molecule has 3 heteroatoms. The third-order valence-corrected chi connectivity index (χ3v) is 5.08. The molecule has 0 saturated heterocycles. The van der Waals surface area contributed by atoms with E-state index in [1.54, 1.807) is 0 Å². The van der Waals surface area contributed by atoms with Crippen LogP contribution in [0.5, 0.6) is 0 Å². The minimum Gasteiger partial charge on any atom is -0.352 e. The molecule has 19 heavy (non-hydrogen) atoms. The molecule has 0 aromatic heterocycles. The van der Waals surface area contributed by atoms with Crippen LogP contribution in [0.2, 0.25) is 0 Å². The number of fused-ring (bicyclic) bond motifs is 1. The minimum absolute atomic E-state index is 0.0221. The smallest absolute Gasteiger partial charge is 0.251 e. The van der Waals surface area contributed by atoms with Crippen molar-refractivity contribution in [1.29, 1.82) is 0 Å². The van der Waals surface area contributed by atoms with Crippen molar-refractivity contribution in [3.8, 4) is 0 Å². The van der Waals surface area contributed by atoms with E-state index < -0.39 is 0 Å². The zero-order valence-electron chi connectivity index (χ0n) is 11.3. The summed E-state index contributed by atoms with van der Waals surface area (Å²) < 4.78 is 0. The van der Waals surface area contributed by atoms with Gasteiger partial charge in [-0.2, -0.15) is 0 Å². The first kappa shape index (κ1) is 13.0. The highest BCUT2D eigenvalue weighted by Crippen LogP contribution is 2.45. The standard InChI is InChI=1S/C16H20ClNO/c1-10(11-4-5-11)15(17)13-7-6-12-3-2-8-18-16(19)14(12)9-13/h6-7,9-11,15H,2-5,8H2,1H3,(H,18,19). The molecule has 1 heterocycles. The van der Waals surface area contributed by atoms with Gasteiger partial charge >= 0.3 is 0 Å². The van der Waals surface area contributed by atoms with Crippen molar-refractivity contribution in [2.24, 2.45) is 11.8 Å². The van der Waals surface area contributed by atoms with Gasteiger partial charge in [0.25, 0.3) is 5.91 Å². The average molecular weight is 278 g/mol. The molecule has 0 radical (unpaired) electrons. The number of carbonyl (C=O) groups excluding carboxylic acids is 1. The van der Waals surface area contributed by atoms with Crippen LogP contribution in [-0.2, 0) is 6.42 Å². The van der Waals surface area contributed by atoms with Gasteiger partial charge in [0.15, 0.2) is 0 Å². The third kappa shape index (κ3) is 2.64. The van der Waals surface area contributed by atoms with Crippen LogP contribution in [0.15, 0.2) is 18.2 Å². The van der Waals surface area contributed by atoms with Crippen molar-refractivity contribution in [2.75, 3.05) is 6.54 Å². The van der Waals surface area contributed by atoms with Crippen molar-refractivity contribution in [3.05, 3.63) is 34.9 Å². The number of hydrogen-bond donors (Lipinski definition) is 1. The van der Waals surface area contributed by atoms with Crippen LogP contribution < -0.4 is 5.32 Å². The molecule has 1 amide bonds. The highest BCUT2D eigenvalue weighted by molar-refractivity contribution is 6.21. The predicted octanol–water partition coefficient (Wildman–Crippen LogP) is 3.69. The predicted molar refractivity (Wildman–Crippen MR) is 77.6 cm³/mol. The van der Waals surface area contributed by atoms with Crippen LogP contribution in [0.1, 0.15) is 53.0 Å². The molecule has 2 aliphatic rings. The molecule has 102 valence electrons. The van der Waals surface area contributed by atoms with Gasteiger partial charge in [-0.1, -0.05) is 19.1 Å². The molecule has 1 N–H and O–H groups in total. The van der Waals surface area contributed by atoms with E-state index in [-0.39, 0.29) is 11.3 Å². The first-order valence-corrected chi connectivity index (χ1v) is 7.65. The van der Waals surface area contributed by atoms with Crippen molar-refractivity contribution >= 4 is 17.5 Å². The zero-order chi connectivity index (χ0) is 13.4. The number of alkyl halides is 1. The van der Waals surface area contributed by atoms with Crippen molar-refractivity contribution in [1.82, 2.24) is 5.32 Å². The lowest BCUT2D eigenvalue weighted by Gasteiger charge is -2.19. The second-order valence-corrected chi connectivity index (χ2v) is 6.34. The summed E-state index contributed by atoms with van der Waals surface area (Å²) in [6, 6.07) is 6.20. The Balaban J connectivity index is 1.89. The lowest BCUT2D eigenvalue weighted by Crippen LogP contribution is -2.22. The van der Waals surface area contributed by atoms with Crippen LogP contribution in [0.25, 0.3) is 0 Å². The van der Waals surface area contributed by atoms with Crippen LogP contribution in [0.3, 0.4) is 0 Å². The second kappa shape index (κ2) is 5.16. The summed E-state index contributed by atoms with van der Waals surface area (Å²) in [4.78, 5) is 12.0. The number of amides is 1. The second-order valence-electron chi connectivity index (χ2n) is 5.87.